The zero-order valence-electron chi connectivity index (χ0n) is 39.9. The molecule has 2 aliphatic rings. The highest BCUT2D eigenvalue weighted by Gasteiger charge is 2.42. The van der Waals surface area contributed by atoms with Gasteiger partial charge in [-0.1, -0.05) is 62.7 Å². The molecule has 2 aromatic rings. The van der Waals surface area contributed by atoms with E-state index in [1.54, 1.807) is 17.6 Å². The Morgan fingerprint density at radius 1 is 0.714 bits per heavy atom. The van der Waals surface area contributed by atoms with Crippen LogP contribution in [0.25, 0.3) is 0 Å². The van der Waals surface area contributed by atoms with Crippen LogP contribution in [0.15, 0.2) is 54.6 Å². The van der Waals surface area contributed by atoms with Crippen molar-refractivity contribution in [2.45, 2.75) is 133 Å². The zero-order valence-corrected chi connectivity index (χ0v) is 40.7. The number of aryl methyl sites for hydroxylation is 1. The van der Waals surface area contributed by atoms with Gasteiger partial charge in [-0.15, -0.1) is 0 Å². The zero-order chi connectivity index (χ0) is 51.0. The molecule has 0 bridgehead atoms. The minimum Gasteiger partial charge on any atom is -0.508 e. The Morgan fingerprint density at radius 3 is 2.13 bits per heavy atom. The van der Waals surface area contributed by atoms with E-state index >= 15 is 0 Å². The molecule has 2 saturated heterocycles. The molecular weight excluding hydrogens is 925 g/mol. The molecule has 384 valence electrons. The number of amides is 10. The highest BCUT2D eigenvalue weighted by Crippen LogP contribution is 2.33. The number of primary amides is 1. The number of hydrogen-bond acceptors (Lipinski definition) is 12. The molecule has 0 radical (unpaired) electrons. The molecule has 7 atom stereocenters. The van der Waals surface area contributed by atoms with Gasteiger partial charge in [0.2, 0.25) is 47.3 Å². The SMILES string of the molecule is CC(C)C[C@H](NC(=O)[C@H](Cc1ccc(O)cc1)NC(=O)C(CCCc1ccccc1)CC(=O)NO)C(=O)NCC(=O)NCC(=O)N[C@@H](CCCCNC(=O)CCCC[C@@H]1SC[C@@H]2NC(=O)N[C@@H]21)C(N)=O. The number of thioether (sulfide) groups is 1. The lowest BCUT2D eigenvalue weighted by atomic mass is 9.94. The third kappa shape index (κ3) is 20.3. The Balaban J connectivity index is 1.21. The first kappa shape index (κ1) is 56.2. The summed E-state index contributed by atoms with van der Waals surface area (Å²) in [6.45, 7) is 2.93. The molecule has 70 heavy (non-hydrogen) atoms. The number of hydrogen-bond donors (Lipinski definition) is 12. The second-order valence-electron chi connectivity index (χ2n) is 18.2. The number of carbonyl (C=O) groups is 9. The summed E-state index contributed by atoms with van der Waals surface area (Å²) in [6, 6.07) is 12.3. The number of aromatic hydroxyl groups is 1. The number of benzene rings is 2. The van der Waals surface area contributed by atoms with Crippen LogP contribution in [0.4, 0.5) is 4.79 Å². The van der Waals surface area contributed by atoms with E-state index in [1.807, 2.05) is 55.9 Å². The van der Waals surface area contributed by atoms with Crippen molar-refractivity contribution in [3.05, 3.63) is 65.7 Å². The summed E-state index contributed by atoms with van der Waals surface area (Å²) in [6.07, 6.45) is 5.20. The van der Waals surface area contributed by atoms with Crippen LogP contribution in [0.5, 0.6) is 5.75 Å². The number of nitrogens with one attached hydrogen (secondary N) is 9. The minimum absolute atomic E-state index is 0.0160. The largest absolute Gasteiger partial charge is 0.508 e. The van der Waals surface area contributed by atoms with E-state index in [0.29, 0.717) is 49.5 Å². The van der Waals surface area contributed by atoms with E-state index in [9.17, 15) is 53.5 Å². The number of urea groups is 1. The topological polar surface area (TPSA) is 328 Å². The summed E-state index contributed by atoms with van der Waals surface area (Å²) >= 11 is 1.83. The van der Waals surface area contributed by atoms with Crippen molar-refractivity contribution in [1.29, 1.82) is 0 Å². The molecule has 21 nitrogen and oxygen atoms in total. The molecule has 22 heteroatoms. The van der Waals surface area contributed by atoms with E-state index in [-0.39, 0.29) is 67.8 Å². The van der Waals surface area contributed by atoms with Crippen molar-refractivity contribution in [2.75, 3.05) is 25.4 Å². The second kappa shape index (κ2) is 29.6. The Kier molecular flexibility index (Phi) is 23.7. The Labute approximate surface area is 412 Å². The van der Waals surface area contributed by atoms with Gasteiger partial charge in [0.05, 0.1) is 25.2 Å². The Hall–Kier alpha value is -6.42. The van der Waals surface area contributed by atoms with Gasteiger partial charge < -0.3 is 53.4 Å². The predicted molar refractivity (Wildman–Crippen MR) is 261 cm³/mol. The van der Waals surface area contributed by atoms with Crippen LogP contribution in [-0.2, 0) is 51.2 Å². The van der Waals surface area contributed by atoms with E-state index < -0.39 is 78.5 Å². The van der Waals surface area contributed by atoms with Gasteiger partial charge >= 0.3 is 6.03 Å². The number of phenols is 1. The van der Waals surface area contributed by atoms with Gasteiger partial charge in [-0.3, -0.25) is 43.6 Å². The van der Waals surface area contributed by atoms with Gasteiger partial charge in [-0.2, -0.15) is 11.8 Å². The molecule has 2 aliphatic heterocycles. The van der Waals surface area contributed by atoms with Crippen molar-refractivity contribution in [3.63, 3.8) is 0 Å². The van der Waals surface area contributed by atoms with Gasteiger partial charge in [-0.25, -0.2) is 10.3 Å². The average molecular weight is 995 g/mol. The highest BCUT2D eigenvalue weighted by molar-refractivity contribution is 8.00. The number of carbonyl (C=O) groups excluding carboxylic acids is 9. The molecule has 2 heterocycles. The fourth-order valence-electron chi connectivity index (χ4n) is 8.26. The lowest BCUT2D eigenvalue weighted by Crippen LogP contribution is -2.56. The average Bonchev–Trinajstić information content (AvgIpc) is 3.89. The van der Waals surface area contributed by atoms with E-state index in [4.69, 9.17) is 5.73 Å². The smallest absolute Gasteiger partial charge is 0.315 e. The molecule has 2 fully saturated rings. The normalized spacial score (nSPS) is 17.6. The summed E-state index contributed by atoms with van der Waals surface area (Å²) in [5.74, 6) is -5.31. The summed E-state index contributed by atoms with van der Waals surface area (Å²) in [5.41, 5.74) is 8.68. The summed E-state index contributed by atoms with van der Waals surface area (Å²) < 4.78 is 0. The van der Waals surface area contributed by atoms with Crippen LogP contribution >= 0.6 is 11.8 Å². The van der Waals surface area contributed by atoms with Crippen LogP contribution < -0.4 is 53.7 Å². The van der Waals surface area contributed by atoms with Crippen molar-refractivity contribution >= 4 is 65.1 Å². The number of nitrogens with two attached hydrogens (primary N) is 1. The number of phenolic OH excluding ortho intramolecular Hbond substituents is 1. The third-order valence-electron chi connectivity index (χ3n) is 12.0. The predicted octanol–water partition coefficient (Wildman–Crippen LogP) is 0.700. The quantitative estimate of drug-likeness (QED) is 0.0215. The fourth-order valence-corrected chi connectivity index (χ4v) is 9.80. The molecule has 13 N–H and O–H groups in total. The molecule has 2 aromatic carbocycles. The standard InChI is InChI=1S/C48H70N10O11S/c1-29(2)23-35(55-47(67)36(24-31-18-20-33(59)21-19-31)54-45(65)32(25-40(61)58-69)14-10-13-30-11-4-3-5-12-30)46(66)52-26-41(62)51-27-42(63)53-34(44(49)64)15-8-9-22-50-39(60)17-7-6-16-38-43-37(28-70-38)56-48(68)57-43/h3-5,11-12,18-21,29,32,34-38,43,59,69H,6-10,13-17,22-28H2,1-2H3,(H2,49,64)(H,50,60)(H,51,62)(H,52,66)(H,53,63)(H,54,65)(H,55,67)(H,58,61)(H2,56,57,68)/t32?,34-,35-,36-,37-,38-,43-/m0/s1. The number of unbranched alkanes of at least 4 members (excludes halogenated alkanes) is 2. The van der Waals surface area contributed by atoms with E-state index in [0.717, 1.165) is 30.6 Å². The first-order chi connectivity index (χ1) is 33.5. The molecule has 0 aliphatic carbocycles. The number of fused-ring (bicyclic) bond motifs is 1. The first-order valence-electron chi connectivity index (χ1n) is 23.9. The van der Waals surface area contributed by atoms with Crippen LogP contribution in [0, 0.1) is 11.8 Å². The molecule has 10 amide bonds. The molecule has 1 unspecified atom stereocenters. The Morgan fingerprint density at radius 2 is 1.43 bits per heavy atom. The van der Waals surface area contributed by atoms with Crippen molar-refractivity contribution in [3.8, 4) is 5.75 Å². The molecular formula is C48H70N10O11S. The van der Waals surface area contributed by atoms with Crippen LogP contribution in [-0.4, -0.2) is 124 Å². The highest BCUT2D eigenvalue weighted by atomic mass is 32.2. The summed E-state index contributed by atoms with van der Waals surface area (Å²) in [7, 11) is 0. The lowest BCUT2D eigenvalue weighted by Gasteiger charge is -2.26. The van der Waals surface area contributed by atoms with E-state index in [2.05, 4.69) is 42.5 Å². The van der Waals surface area contributed by atoms with Gasteiger partial charge in [0, 0.05) is 42.7 Å². The maximum absolute atomic E-state index is 14.0. The van der Waals surface area contributed by atoms with Crippen molar-refractivity contribution < 1.29 is 53.5 Å². The van der Waals surface area contributed by atoms with Crippen molar-refractivity contribution in [2.24, 2.45) is 17.6 Å². The van der Waals surface area contributed by atoms with E-state index in [1.165, 1.54) is 12.1 Å². The molecule has 0 spiro atoms. The molecule has 4 rings (SSSR count). The van der Waals surface area contributed by atoms with Gasteiger partial charge in [0.15, 0.2) is 0 Å². The second-order valence-corrected chi connectivity index (χ2v) is 19.4. The van der Waals surface area contributed by atoms with Crippen LogP contribution in [0.2, 0.25) is 0 Å². The van der Waals surface area contributed by atoms with Gasteiger partial charge in [0.25, 0.3) is 0 Å². The molecule has 0 aromatic heterocycles. The Bertz CT molecular complexity index is 2080. The first-order valence-corrected chi connectivity index (χ1v) is 25.0. The molecule has 0 saturated carbocycles. The van der Waals surface area contributed by atoms with Crippen LogP contribution in [0.3, 0.4) is 0 Å². The lowest BCUT2D eigenvalue weighted by molar-refractivity contribution is -0.137. The number of rotatable bonds is 31. The maximum atomic E-state index is 14.0. The van der Waals surface area contributed by atoms with Gasteiger partial charge in [0.1, 0.15) is 23.9 Å². The van der Waals surface area contributed by atoms with Gasteiger partial charge in [-0.05, 0) is 87.0 Å². The monoisotopic (exact) mass is 994 g/mol. The third-order valence-corrected chi connectivity index (χ3v) is 13.5. The van der Waals surface area contributed by atoms with Crippen LogP contribution in [0.1, 0.15) is 95.6 Å². The summed E-state index contributed by atoms with van der Waals surface area (Å²) in [5, 5.41) is 41.0. The van der Waals surface area contributed by atoms with Crippen molar-refractivity contribution in [1.82, 2.24) is 48.0 Å². The number of hydroxylamine groups is 1. The minimum atomic E-state index is -1.25. The maximum Gasteiger partial charge on any atom is 0.315 e. The fraction of sp³-hybridized carbons (Fsp3) is 0.562. The summed E-state index contributed by atoms with van der Waals surface area (Å²) in [4.78, 5) is 115.